The van der Waals surface area contributed by atoms with E-state index in [9.17, 15) is 4.79 Å². The fraction of sp³-hybridized carbons (Fsp3) is 0.182. The van der Waals surface area contributed by atoms with Crippen LogP contribution in [0.3, 0.4) is 0 Å². The predicted octanol–water partition coefficient (Wildman–Crippen LogP) is 6.15. The largest absolute Gasteiger partial charge is 0.486 e. The van der Waals surface area contributed by atoms with Gasteiger partial charge in [-0.3, -0.25) is 4.79 Å². The van der Waals surface area contributed by atoms with Gasteiger partial charge in [-0.1, -0.05) is 51.4 Å². The van der Waals surface area contributed by atoms with Gasteiger partial charge in [-0.15, -0.1) is 21.5 Å². The molecule has 0 bridgehead atoms. The second kappa shape index (κ2) is 11.1. The number of nitrogens with one attached hydrogen (secondary N) is 1. The molecule has 0 atom stereocenters. The minimum atomic E-state index is -0.152. The molecule has 170 valence electrons. The van der Waals surface area contributed by atoms with Crippen LogP contribution >= 0.6 is 50.6 Å². The molecule has 2 aromatic heterocycles. The Balaban J connectivity index is 1.32. The summed E-state index contributed by atoms with van der Waals surface area (Å²) in [5, 5.41) is 15.1. The van der Waals surface area contributed by atoms with Gasteiger partial charge in [0.2, 0.25) is 5.91 Å². The Morgan fingerprint density at radius 3 is 2.67 bits per heavy atom. The first-order valence-corrected chi connectivity index (χ1v) is 13.0. The van der Waals surface area contributed by atoms with E-state index < -0.39 is 0 Å². The van der Waals surface area contributed by atoms with Crippen LogP contribution in [0.15, 0.2) is 63.5 Å². The number of ether oxygens (including phenoxy) is 1. The van der Waals surface area contributed by atoms with Crippen LogP contribution in [0.4, 0.5) is 5.13 Å². The van der Waals surface area contributed by atoms with Crippen molar-refractivity contribution in [3.05, 3.63) is 69.2 Å². The van der Waals surface area contributed by atoms with Crippen LogP contribution < -0.4 is 10.1 Å². The number of aromatic nitrogens is 4. The molecule has 33 heavy (non-hydrogen) atoms. The molecule has 1 amide bonds. The topological polar surface area (TPSA) is 81.9 Å². The molecule has 11 heteroatoms. The van der Waals surface area contributed by atoms with Crippen molar-refractivity contribution in [2.24, 2.45) is 0 Å². The molecule has 1 N–H and O–H groups in total. The highest BCUT2D eigenvalue weighted by Crippen LogP contribution is 2.26. The first kappa shape index (κ1) is 23.7. The second-order valence-electron chi connectivity index (χ2n) is 6.77. The molecule has 0 saturated heterocycles. The molecular formula is C22H19BrClN5O2S2. The normalized spacial score (nSPS) is 10.9. The highest BCUT2D eigenvalue weighted by atomic mass is 79.9. The highest BCUT2D eigenvalue weighted by Gasteiger charge is 2.15. The number of hydrogen-bond donors (Lipinski definition) is 1. The molecular weight excluding hydrogens is 546 g/mol. The molecule has 4 rings (SSSR count). The molecule has 2 aromatic carbocycles. The molecule has 0 aliphatic carbocycles. The van der Waals surface area contributed by atoms with E-state index >= 15 is 0 Å². The molecule has 0 aliphatic rings. The Morgan fingerprint density at radius 2 is 1.94 bits per heavy atom. The lowest BCUT2D eigenvalue weighted by Gasteiger charge is -2.09. The van der Waals surface area contributed by atoms with E-state index in [4.69, 9.17) is 16.3 Å². The van der Waals surface area contributed by atoms with Gasteiger partial charge in [0.15, 0.2) is 16.1 Å². The van der Waals surface area contributed by atoms with Crippen LogP contribution in [0.2, 0.25) is 5.02 Å². The quantitative estimate of drug-likeness (QED) is 0.246. The summed E-state index contributed by atoms with van der Waals surface area (Å²) in [6, 6.07) is 15.0. The minimum absolute atomic E-state index is 0.152. The lowest BCUT2D eigenvalue weighted by atomic mass is 10.2. The zero-order chi connectivity index (χ0) is 23.2. The van der Waals surface area contributed by atoms with Gasteiger partial charge in [0, 0.05) is 27.0 Å². The van der Waals surface area contributed by atoms with E-state index in [1.54, 1.807) is 24.3 Å². The van der Waals surface area contributed by atoms with Crippen LogP contribution in [0.25, 0.3) is 11.3 Å². The van der Waals surface area contributed by atoms with Gasteiger partial charge in [0.05, 0.1) is 11.4 Å². The fourth-order valence-corrected chi connectivity index (χ4v) is 4.85. The van der Waals surface area contributed by atoms with E-state index in [2.05, 4.69) is 36.4 Å². The Kier molecular flexibility index (Phi) is 8.02. The zero-order valence-corrected chi connectivity index (χ0v) is 21.5. The van der Waals surface area contributed by atoms with E-state index in [1.165, 1.54) is 23.1 Å². The van der Waals surface area contributed by atoms with Crippen molar-refractivity contribution in [2.45, 2.75) is 25.2 Å². The van der Waals surface area contributed by atoms with Gasteiger partial charge >= 0.3 is 0 Å². The smallest absolute Gasteiger partial charge is 0.236 e. The van der Waals surface area contributed by atoms with Crippen molar-refractivity contribution >= 4 is 61.7 Å². The number of benzene rings is 2. The zero-order valence-electron chi connectivity index (χ0n) is 17.5. The summed E-state index contributed by atoms with van der Waals surface area (Å²) in [4.78, 5) is 17.0. The number of carbonyl (C=O) groups excluding carboxylic acids is 1. The van der Waals surface area contributed by atoms with Gasteiger partial charge in [-0.2, -0.15) is 0 Å². The molecule has 4 aromatic rings. The molecule has 0 unspecified atom stereocenters. The Bertz CT molecular complexity index is 1230. The summed E-state index contributed by atoms with van der Waals surface area (Å²) in [6.07, 6.45) is 0. The lowest BCUT2D eigenvalue weighted by Crippen LogP contribution is -2.14. The van der Waals surface area contributed by atoms with E-state index in [1.807, 2.05) is 41.1 Å². The number of carbonyl (C=O) groups is 1. The summed E-state index contributed by atoms with van der Waals surface area (Å²) in [6.45, 7) is 2.94. The van der Waals surface area contributed by atoms with Crippen LogP contribution in [-0.4, -0.2) is 31.4 Å². The predicted molar refractivity (Wildman–Crippen MR) is 136 cm³/mol. The van der Waals surface area contributed by atoms with Crippen LogP contribution in [0.1, 0.15) is 12.7 Å². The van der Waals surface area contributed by atoms with Crippen LogP contribution in [0.5, 0.6) is 5.75 Å². The van der Waals surface area contributed by atoms with Gasteiger partial charge in [-0.25, -0.2) is 4.98 Å². The number of thiazole rings is 1. The number of thioether (sulfide) groups is 1. The van der Waals surface area contributed by atoms with Gasteiger partial charge < -0.3 is 14.6 Å². The molecule has 0 aliphatic heterocycles. The Labute approximate surface area is 212 Å². The third kappa shape index (κ3) is 6.35. The summed E-state index contributed by atoms with van der Waals surface area (Å²) in [7, 11) is 0. The van der Waals surface area contributed by atoms with Crippen molar-refractivity contribution in [1.29, 1.82) is 0 Å². The molecule has 0 radical (unpaired) electrons. The van der Waals surface area contributed by atoms with Crippen LogP contribution in [0, 0.1) is 0 Å². The molecule has 0 fully saturated rings. The maximum atomic E-state index is 12.5. The number of anilines is 1. The summed E-state index contributed by atoms with van der Waals surface area (Å²) < 4.78 is 8.71. The number of amides is 1. The van der Waals surface area contributed by atoms with E-state index in [0.29, 0.717) is 33.4 Å². The van der Waals surface area contributed by atoms with Crippen molar-refractivity contribution in [3.8, 4) is 17.0 Å². The fourth-order valence-electron chi connectivity index (χ4n) is 2.90. The van der Waals surface area contributed by atoms with Crippen molar-refractivity contribution in [1.82, 2.24) is 19.7 Å². The average molecular weight is 565 g/mol. The minimum Gasteiger partial charge on any atom is -0.486 e. The number of hydrogen-bond acceptors (Lipinski definition) is 7. The summed E-state index contributed by atoms with van der Waals surface area (Å²) in [5.74, 6) is 1.43. The maximum Gasteiger partial charge on any atom is 0.236 e. The third-order valence-corrected chi connectivity index (χ3v) is 7.02. The second-order valence-corrected chi connectivity index (χ2v) is 9.92. The van der Waals surface area contributed by atoms with E-state index in [-0.39, 0.29) is 18.3 Å². The first-order valence-electron chi connectivity index (χ1n) is 9.96. The number of rotatable bonds is 9. The molecule has 0 spiro atoms. The number of halogens is 2. The third-order valence-electron chi connectivity index (χ3n) is 4.51. The lowest BCUT2D eigenvalue weighted by molar-refractivity contribution is -0.113. The van der Waals surface area contributed by atoms with Gasteiger partial charge in [0.25, 0.3) is 0 Å². The van der Waals surface area contributed by atoms with Crippen molar-refractivity contribution in [2.75, 3.05) is 11.1 Å². The molecule has 2 heterocycles. The first-order chi connectivity index (χ1) is 16.0. The average Bonchev–Trinajstić information content (AvgIpc) is 3.44. The van der Waals surface area contributed by atoms with Crippen LogP contribution in [-0.2, 0) is 17.9 Å². The SMILES string of the molecule is CCn1c(COc2ccc(Cl)cc2)nnc1SCC(=O)Nc1nc(-c2ccc(Br)cc2)cs1. The van der Waals surface area contributed by atoms with Gasteiger partial charge in [-0.05, 0) is 43.3 Å². The Hall–Kier alpha value is -2.40. The van der Waals surface area contributed by atoms with Gasteiger partial charge in [0.1, 0.15) is 12.4 Å². The Morgan fingerprint density at radius 1 is 1.18 bits per heavy atom. The number of nitrogens with zero attached hydrogens (tertiary/aromatic N) is 4. The maximum absolute atomic E-state index is 12.5. The van der Waals surface area contributed by atoms with Crippen molar-refractivity contribution in [3.63, 3.8) is 0 Å². The highest BCUT2D eigenvalue weighted by molar-refractivity contribution is 9.10. The molecule has 0 saturated carbocycles. The standard InChI is InChI=1S/C22H19BrClN5O2S2/c1-2-29-19(11-31-17-9-7-16(24)8-10-17)27-28-22(29)33-13-20(30)26-21-25-18(12-32-21)14-3-5-15(23)6-4-14/h3-10,12H,2,11,13H2,1H3,(H,25,26,30). The van der Waals surface area contributed by atoms with Crippen molar-refractivity contribution < 1.29 is 9.53 Å². The van der Waals surface area contributed by atoms with E-state index in [0.717, 1.165) is 15.7 Å². The molecule has 7 nitrogen and oxygen atoms in total. The monoisotopic (exact) mass is 563 g/mol. The summed E-state index contributed by atoms with van der Waals surface area (Å²) in [5.41, 5.74) is 1.82. The summed E-state index contributed by atoms with van der Waals surface area (Å²) >= 11 is 12.0.